The lowest BCUT2D eigenvalue weighted by Gasteiger charge is -2.20. The van der Waals surface area contributed by atoms with Gasteiger partial charge in [-0.05, 0) is 32.1 Å². The van der Waals surface area contributed by atoms with E-state index in [0.29, 0.717) is 11.8 Å². The van der Waals surface area contributed by atoms with Crippen molar-refractivity contribution in [2.24, 2.45) is 0 Å². The predicted octanol–water partition coefficient (Wildman–Crippen LogP) is 2.41. The van der Waals surface area contributed by atoms with Crippen molar-refractivity contribution in [3.8, 4) is 11.1 Å². The quantitative estimate of drug-likeness (QED) is 0.731. The van der Waals surface area contributed by atoms with Crippen LogP contribution in [-0.2, 0) is 0 Å². The van der Waals surface area contributed by atoms with E-state index < -0.39 is 0 Å². The van der Waals surface area contributed by atoms with Gasteiger partial charge in [0.15, 0.2) is 0 Å². The molecule has 2 heterocycles. The van der Waals surface area contributed by atoms with E-state index in [9.17, 15) is 0 Å². The Morgan fingerprint density at radius 1 is 1.10 bits per heavy atom. The molecule has 1 atom stereocenters. The van der Waals surface area contributed by atoms with Gasteiger partial charge in [0.05, 0.1) is 0 Å². The predicted molar refractivity (Wildman–Crippen MR) is 78.3 cm³/mol. The maximum atomic E-state index is 4.28. The normalized spacial score (nSPS) is 13.0. The van der Waals surface area contributed by atoms with Crippen LogP contribution in [0.1, 0.15) is 18.5 Å². The minimum atomic E-state index is 0.405. The first-order valence-electron chi connectivity index (χ1n) is 6.57. The van der Waals surface area contributed by atoms with Crippen LogP contribution in [0.15, 0.2) is 43.0 Å². The van der Waals surface area contributed by atoms with Crippen molar-refractivity contribution in [3.63, 3.8) is 0 Å². The molecule has 0 amide bonds. The molecular weight excluding hydrogens is 250 g/mol. The molecule has 1 aromatic carbocycles. The molecule has 0 aliphatic heterocycles. The lowest BCUT2D eigenvalue weighted by Crippen LogP contribution is -2.16. The Kier molecular flexibility index (Phi) is 3.20. The third-order valence-corrected chi connectivity index (χ3v) is 3.65. The molecule has 0 radical (unpaired) electrons. The monoisotopic (exact) mass is 267 g/mol. The maximum Gasteiger partial charge on any atom is 0.254 e. The summed E-state index contributed by atoms with van der Waals surface area (Å²) in [5.41, 5.74) is 3.50. The molecule has 0 fully saturated rings. The van der Waals surface area contributed by atoms with E-state index in [0.717, 1.165) is 11.1 Å². The Balaban J connectivity index is 1.94. The number of benzene rings is 1. The van der Waals surface area contributed by atoms with E-state index >= 15 is 0 Å². The first-order valence-corrected chi connectivity index (χ1v) is 6.57. The summed E-state index contributed by atoms with van der Waals surface area (Å²) < 4.78 is 1.83. The van der Waals surface area contributed by atoms with Gasteiger partial charge in [-0.15, -0.1) is 10.2 Å². The number of hydrogen-bond acceptors (Lipinski definition) is 4. The lowest BCUT2D eigenvalue weighted by atomic mass is 10.0. The summed E-state index contributed by atoms with van der Waals surface area (Å²) in [5.74, 6) is 0.617. The molecule has 0 spiro atoms. The molecule has 20 heavy (non-hydrogen) atoms. The van der Waals surface area contributed by atoms with Gasteiger partial charge in [0.25, 0.3) is 5.78 Å². The number of fused-ring (bicyclic) bond motifs is 1. The second kappa shape index (κ2) is 5.02. The summed E-state index contributed by atoms with van der Waals surface area (Å²) in [4.78, 5) is 6.48. The topological polar surface area (TPSA) is 46.3 Å². The van der Waals surface area contributed by atoms with Crippen molar-refractivity contribution >= 4 is 5.78 Å². The fourth-order valence-electron chi connectivity index (χ4n) is 2.13. The second-order valence-electron chi connectivity index (χ2n) is 5.14. The maximum absolute atomic E-state index is 4.28. The van der Waals surface area contributed by atoms with Gasteiger partial charge < -0.3 is 4.90 Å². The van der Waals surface area contributed by atoms with Crippen LogP contribution in [0.4, 0.5) is 0 Å². The average Bonchev–Trinajstić information content (AvgIpc) is 2.94. The summed E-state index contributed by atoms with van der Waals surface area (Å²) in [7, 11) is 4.17. The number of nitrogens with zero attached hydrogens (tertiary/aromatic N) is 5. The molecule has 0 bridgehead atoms. The van der Waals surface area contributed by atoms with Crippen molar-refractivity contribution in [1.29, 1.82) is 0 Å². The highest BCUT2D eigenvalue weighted by Crippen LogP contribution is 2.23. The average molecular weight is 267 g/mol. The molecule has 0 saturated carbocycles. The van der Waals surface area contributed by atoms with Gasteiger partial charge in [-0.1, -0.05) is 24.3 Å². The van der Waals surface area contributed by atoms with Gasteiger partial charge >= 0.3 is 0 Å². The molecule has 102 valence electrons. The number of hydrogen-bond donors (Lipinski definition) is 0. The zero-order chi connectivity index (χ0) is 14.1. The summed E-state index contributed by atoms with van der Waals surface area (Å²) in [6.07, 6.45) is 5.48. The zero-order valence-electron chi connectivity index (χ0n) is 11.9. The Hall–Kier alpha value is -2.27. The highest BCUT2D eigenvalue weighted by molar-refractivity contribution is 5.62. The number of aromatic nitrogens is 4. The molecule has 0 N–H and O–H groups in total. The Labute approximate surface area is 117 Å². The molecule has 0 saturated heterocycles. The Morgan fingerprint density at radius 2 is 1.85 bits per heavy atom. The molecule has 0 unspecified atom stereocenters. The third-order valence-electron chi connectivity index (χ3n) is 3.65. The minimum Gasteiger partial charge on any atom is -0.303 e. The molecule has 5 heteroatoms. The third kappa shape index (κ3) is 2.28. The van der Waals surface area contributed by atoms with Gasteiger partial charge in [0.1, 0.15) is 6.33 Å². The van der Waals surface area contributed by atoms with Crippen molar-refractivity contribution in [2.75, 3.05) is 14.1 Å². The van der Waals surface area contributed by atoms with Crippen molar-refractivity contribution in [2.45, 2.75) is 13.0 Å². The number of rotatable bonds is 3. The van der Waals surface area contributed by atoms with Gasteiger partial charge in [0.2, 0.25) is 0 Å². The van der Waals surface area contributed by atoms with E-state index in [-0.39, 0.29) is 0 Å². The van der Waals surface area contributed by atoms with Crippen molar-refractivity contribution in [3.05, 3.63) is 48.5 Å². The van der Waals surface area contributed by atoms with Crippen LogP contribution in [0.5, 0.6) is 0 Å². The largest absolute Gasteiger partial charge is 0.303 e. The van der Waals surface area contributed by atoms with Crippen LogP contribution < -0.4 is 0 Å². The van der Waals surface area contributed by atoms with Gasteiger partial charge in [-0.2, -0.15) is 0 Å². The summed E-state index contributed by atoms with van der Waals surface area (Å²) in [6, 6.07) is 8.99. The molecule has 5 nitrogen and oxygen atoms in total. The van der Waals surface area contributed by atoms with Crippen LogP contribution in [0.2, 0.25) is 0 Å². The van der Waals surface area contributed by atoms with Gasteiger partial charge in [-0.3, -0.25) is 4.40 Å². The van der Waals surface area contributed by atoms with Crippen molar-refractivity contribution in [1.82, 2.24) is 24.5 Å². The zero-order valence-corrected chi connectivity index (χ0v) is 11.9. The molecule has 0 aliphatic rings. The van der Waals surface area contributed by atoms with Crippen LogP contribution in [-0.4, -0.2) is 38.6 Å². The second-order valence-corrected chi connectivity index (χ2v) is 5.14. The lowest BCUT2D eigenvalue weighted by molar-refractivity contribution is 0.321. The van der Waals surface area contributed by atoms with E-state index in [1.54, 1.807) is 6.33 Å². The molecular formula is C15H17N5. The minimum absolute atomic E-state index is 0.405. The highest BCUT2D eigenvalue weighted by atomic mass is 15.3. The summed E-state index contributed by atoms with van der Waals surface area (Å²) in [6.45, 7) is 2.19. The highest BCUT2D eigenvalue weighted by Gasteiger charge is 2.08. The van der Waals surface area contributed by atoms with Crippen LogP contribution in [0, 0.1) is 0 Å². The molecule has 3 rings (SSSR count). The fraction of sp³-hybridized carbons (Fsp3) is 0.267. The van der Waals surface area contributed by atoms with E-state index in [1.807, 2.05) is 16.8 Å². The smallest absolute Gasteiger partial charge is 0.254 e. The van der Waals surface area contributed by atoms with Gasteiger partial charge in [-0.25, -0.2) is 4.98 Å². The Bertz CT molecular complexity index is 714. The van der Waals surface area contributed by atoms with E-state index in [4.69, 9.17) is 0 Å². The molecule has 0 aliphatic carbocycles. The van der Waals surface area contributed by atoms with Gasteiger partial charge in [0, 0.05) is 24.0 Å². The fourth-order valence-corrected chi connectivity index (χ4v) is 2.13. The first kappa shape index (κ1) is 12.7. The summed E-state index contributed by atoms with van der Waals surface area (Å²) >= 11 is 0. The van der Waals surface area contributed by atoms with Crippen molar-refractivity contribution < 1.29 is 0 Å². The van der Waals surface area contributed by atoms with Crippen LogP contribution >= 0.6 is 0 Å². The standard InChI is InChI=1S/C15H17N5/c1-11(19(2)3)12-4-6-13(7-5-12)14-8-16-15-18-17-10-20(15)9-14/h4-11H,1-3H3/t11-/m0/s1. The van der Waals surface area contributed by atoms with Crippen LogP contribution in [0.3, 0.4) is 0 Å². The molecule has 3 aromatic rings. The molecule has 2 aromatic heterocycles. The van der Waals surface area contributed by atoms with E-state index in [1.165, 1.54) is 5.56 Å². The van der Waals surface area contributed by atoms with Crippen LogP contribution in [0.25, 0.3) is 16.9 Å². The first-order chi connectivity index (χ1) is 9.65. The SMILES string of the molecule is C[C@@H](c1ccc(-c2cnc3nncn3c2)cc1)N(C)C. The summed E-state index contributed by atoms with van der Waals surface area (Å²) in [5, 5.41) is 7.74. The van der Waals surface area contributed by atoms with E-state index in [2.05, 4.69) is 65.4 Å². The Morgan fingerprint density at radius 3 is 2.55 bits per heavy atom.